The molecule has 2 aromatic carbocycles. The third-order valence-corrected chi connectivity index (χ3v) is 3.10. The van der Waals surface area contributed by atoms with E-state index in [9.17, 15) is 4.79 Å². The molecule has 0 heterocycles. The first-order valence-electron chi connectivity index (χ1n) is 6.42. The molecule has 0 aliphatic carbocycles. The average molecular weight is 254 g/mol. The molecule has 2 rings (SSSR count). The van der Waals surface area contributed by atoms with Crippen molar-refractivity contribution in [2.45, 2.75) is 19.8 Å². The van der Waals surface area contributed by atoms with Crippen LogP contribution in [0.1, 0.15) is 18.9 Å². The number of hydrogen-bond donors (Lipinski definition) is 0. The van der Waals surface area contributed by atoms with Crippen molar-refractivity contribution in [3.63, 3.8) is 0 Å². The smallest absolute Gasteiger partial charge is 0.130 e. The second-order valence-electron chi connectivity index (χ2n) is 4.63. The molecule has 0 atom stereocenters. The van der Waals surface area contributed by atoms with Crippen LogP contribution in [0, 0.1) is 0 Å². The zero-order valence-corrected chi connectivity index (χ0v) is 11.3. The van der Waals surface area contributed by atoms with Crippen molar-refractivity contribution in [1.82, 2.24) is 0 Å². The number of ether oxygens (including phenoxy) is 1. The summed E-state index contributed by atoms with van der Waals surface area (Å²) in [5.74, 6) is 1.08. The average Bonchev–Trinajstić information content (AvgIpc) is 2.45. The molecule has 2 heteroatoms. The number of Topliss-reactive ketones (excluding diaryl/α,β-unsaturated/α-hetero) is 1. The lowest BCUT2D eigenvalue weighted by molar-refractivity contribution is -0.116. The Balaban J connectivity index is 2.24. The number of benzene rings is 2. The predicted octanol–water partition coefficient (Wildman–Crippen LogP) is 3.88. The molecular formula is C17H18O2. The van der Waals surface area contributed by atoms with E-state index >= 15 is 0 Å². The normalized spacial score (nSPS) is 10.2. The quantitative estimate of drug-likeness (QED) is 0.809. The van der Waals surface area contributed by atoms with Crippen molar-refractivity contribution in [3.05, 3.63) is 54.1 Å². The van der Waals surface area contributed by atoms with E-state index in [4.69, 9.17) is 4.74 Å². The predicted molar refractivity (Wildman–Crippen MR) is 77.4 cm³/mol. The number of rotatable bonds is 5. The molecule has 0 saturated carbocycles. The summed E-state index contributed by atoms with van der Waals surface area (Å²) in [7, 11) is 1.67. The molecule has 0 unspecified atom stereocenters. The van der Waals surface area contributed by atoms with Gasteiger partial charge in [-0.3, -0.25) is 0 Å². The Kier molecular flexibility index (Phi) is 4.35. The fraction of sp³-hybridized carbons (Fsp3) is 0.235. The maximum absolute atomic E-state index is 11.0. The van der Waals surface area contributed by atoms with Crippen molar-refractivity contribution in [3.8, 4) is 16.9 Å². The fourth-order valence-electron chi connectivity index (χ4n) is 2.03. The molecule has 19 heavy (non-hydrogen) atoms. The zero-order valence-electron chi connectivity index (χ0n) is 11.3. The van der Waals surface area contributed by atoms with Crippen molar-refractivity contribution in [2.24, 2.45) is 0 Å². The standard InChI is InChI=1S/C17H18O2/c1-13(18)9-10-14-5-3-6-15(11-14)16-7-4-8-17(12-16)19-2/h3-8,11-12H,9-10H2,1-2H3. The maximum Gasteiger partial charge on any atom is 0.130 e. The first kappa shape index (κ1) is 13.3. The lowest BCUT2D eigenvalue weighted by atomic mass is 10.0. The van der Waals surface area contributed by atoms with E-state index in [1.165, 1.54) is 5.56 Å². The van der Waals surface area contributed by atoms with Crippen molar-refractivity contribution in [2.75, 3.05) is 7.11 Å². The van der Waals surface area contributed by atoms with Gasteiger partial charge in [0.15, 0.2) is 0 Å². The van der Waals surface area contributed by atoms with Gasteiger partial charge in [-0.2, -0.15) is 0 Å². The van der Waals surface area contributed by atoms with E-state index in [-0.39, 0.29) is 5.78 Å². The van der Waals surface area contributed by atoms with Gasteiger partial charge in [-0.1, -0.05) is 36.4 Å². The Hall–Kier alpha value is -2.09. The Labute approximate surface area is 114 Å². The summed E-state index contributed by atoms with van der Waals surface area (Å²) < 4.78 is 5.24. The van der Waals surface area contributed by atoms with Crippen LogP contribution in [-0.2, 0) is 11.2 Å². The largest absolute Gasteiger partial charge is 0.497 e. The molecule has 0 radical (unpaired) electrons. The number of hydrogen-bond acceptors (Lipinski definition) is 2. The number of aryl methyl sites for hydroxylation is 1. The first-order chi connectivity index (χ1) is 9.19. The minimum absolute atomic E-state index is 0.229. The van der Waals surface area contributed by atoms with Gasteiger partial charge in [0.05, 0.1) is 7.11 Å². The van der Waals surface area contributed by atoms with E-state index in [0.29, 0.717) is 6.42 Å². The van der Waals surface area contributed by atoms with Gasteiger partial charge in [-0.05, 0) is 42.2 Å². The molecule has 2 aromatic rings. The van der Waals surface area contributed by atoms with Crippen LogP contribution in [-0.4, -0.2) is 12.9 Å². The Morgan fingerprint density at radius 1 is 1.05 bits per heavy atom. The number of carbonyl (C=O) groups is 1. The number of methoxy groups -OCH3 is 1. The van der Waals surface area contributed by atoms with Gasteiger partial charge in [-0.15, -0.1) is 0 Å². The molecule has 98 valence electrons. The number of ketones is 1. The molecule has 0 aliphatic heterocycles. The van der Waals surface area contributed by atoms with Crippen LogP contribution < -0.4 is 4.74 Å². The van der Waals surface area contributed by atoms with Crippen LogP contribution in [0.5, 0.6) is 5.75 Å². The van der Waals surface area contributed by atoms with Crippen LogP contribution in [0.4, 0.5) is 0 Å². The summed E-state index contributed by atoms with van der Waals surface area (Å²) in [5.41, 5.74) is 3.47. The zero-order chi connectivity index (χ0) is 13.7. The summed E-state index contributed by atoms with van der Waals surface area (Å²) in [6.07, 6.45) is 1.40. The van der Waals surface area contributed by atoms with Crippen LogP contribution >= 0.6 is 0 Å². The third-order valence-electron chi connectivity index (χ3n) is 3.10. The lowest BCUT2D eigenvalue weighted by Crippen LogP contribution is -1.94. The number of carbonyl (C=O) groups excluding carboxylic acids is 1. The molecule has 2 nitrogen and oxygen atoms in total. The SMILES string of the molecule is COc1cccc(-c2cccc(CCC(C)=O)c2)c1. The highest BCUT2D eigenvalue weighted by Gasteiger charge is 2.02. The maximum atomic E-state index is 11.0. The Bertz CT molecular complexity index is 573. The van der Waals surface area contributed by atoms with Crippen LogP contribution in [0.3, 0.4) is 0 Å². The molecule has 0 spiro atoms. The Morgan fingerprint density at radius 2 is 1.74 bits per heavy atom. The van der Waals surface area contributed by atoms with Gasteiger partial charge < -0.3 is 9.53 Å². The van der Waals surface area contributed by atoms with E-state index in [1.54, 1.807) is 14.0 Å². The van der Waals surface area contributed by atoms with E-state index < -0.39 is 0 Å². The first-order valence-corrected chi connectivity index (χ1v) is 6.42. The summed E-state index contributed by atoms with van der Waals surface area (Å²) >= 11 is 0. The van der Waals surface area contributed by atoms with E-state index in [2.05, 4.69) is 24.3 Å². The second-order valence-corrected chi connectivity index (χ2v) is 4.63. The van der Waals surface area contributed by atoms with E-state index in [1.807, 2.05) is 24.3 Å². The van der Waals surface area contributed by atoms with E-state index in [0.717, 1.165) is 23.3 Å². The highest BCUT2D eigenvalue weighted by atomic mass is 16.5. The topological polar surface area (TPSA) is 26.3 Å². The third kappa shape index (κ3) is 3.68. The highest BCUT2D eigenvalue weighted by Crippen LogP contribution is 2.24. The molecular weight excluding hydrogens is 236 g/mol. The van der Waals surface area contributed by atoms with Crippen molar-refractivity contribution in [1.29, 1.82) is 0 Å². The summed E-state index contributed by atoms with van der Waals surface area (Å²) in [6, 6.07) is 16.3. The lowest BCUT2D eigenvalue weighted by Gasteiger charge is -2.07. The van der Waals surface area contributed by atoms with Gasteiger partial charge in [-0.25, -0.2) is 0 Å². The fourth-order valence-corrected chi connectivity index (χ4v) is 2.03. The van der Waals surface area contributed by atoms with Gasteiger partial charge in [0.25, 0.3) is 0 Å². The van der Waals surface area contributed by atoms with Crippen LogP contribution in [0.15, 0.2) is 48.5 Å². The Morgan fingerprint density at radius 3 is 2.42 bits per heavy atom. The van der Waals surface area contributed by atoms with Gasteiger partial charge in [0.1, 0.15) is 11.5 Å². The summed E-state index contributed by atoms with van der Waals surface area (Å²) in [4.78, 5) is 11.0. The van der Waals surface area contributed by atoms with Gasteiger partial charge in [0, 0.05) is 6.42 Å². The highest BCUT2D eigenvalue weighted by molar-refractivity contribution is 5.75. The molecule has 0 amide bonds. The molecule has 0 N–H and O–H groups in total. The molecule has 0 aliphatic rings. The van der Waals surface area contributed by atoms with Crippen molar-refractivity contribution >= 4 is 5.78 Å². The minimum atomic E-state index is 0.229. The van der Waals surface area contributed by atoms with Gasteiger partial charge >= 0.3 is 0 Å². The van der Waals surface area contributed by atoms with Crippen molar-refractivity contribution < 1.29 is 9.53 Å². The second kappa shape index (κ2) is 6.19. The molecule has 0 fully saturated rings. The molecule has 0 saturated heterocycles. The van der Waals surface area contributed by atoms with Crippen LogP contribution in [0.2, 0.25) is 0 Å². The summed E-state index contributed by atoms with van der Waals surface area (Å²) in [5, 5.41) is 0. The van der Waals surface area contributed by atoms with Crippen LogP contribution in [0.25, 0.3) is 11.1 Å². The summed E-state index contributed by atoms with van der Waals surface area (Å²) in [6.45, 7) is 1.63. The monoisotopic (exact) mass is 254 g/mol. The molecule has 0 aromatic heterocycles. The minimum Gasteiger partial charge on any atom is -0.497 e. The molecule has 0 bridgehead atoms. The van der Waals surface area contributed by atoms with Gasteiger partial charge in [0.2, 0.25) is 0 Å².